The predicted octanol–water partition coefficient (Wildman–Crippen LogP) is 4.99. The van der Waals surface area contributed by atoms with Crippen LogP contribution in [0.15, 0.2) is 72.8 Å². The zero-order chi connectivity index (χ0) is 25.2. The number of hydrogen-bond acceptors (Lipinski definition) is 3. The molecule has 3 aromatic carbocycles. The van der Waals surface area contributed by atoms with Crippen molar-refractivity contribution in [3.05, 3.63) is 101 Å². The van der Waals surface area contributed by atoms with Crippen LogP contribution in [0.2, 0.25) is 0 Å². The number of fused-ring (bicyclic) bond motifs is 1. The van der Waals surface area contributed by atoms with Crippen LogP contribution in [0, 0.1) is 0 Å². The summed E-state index contributed by atoms with van der Waals surface area (Å²) in [4.78, 5) is 28.4. The molecule has 2 amide bonds. The minimum atomic E-state index is -4.51. The van der Waals surface area contributed by atoms with Gasteiger partial charge in [-0.15, -0.1) is 0 Å². The zero-order valence-electron chi connectivity index (χ0n) is 19.4. The third-order valence-corrected chi connectivity index (χ3v) is 6.34. The largest absolute Gasteiger partial charge is 0.496 e. The van der Waals surface area contributed by atoms with Crippen LogP contribution >= 0.6 is 0 Å². The van der Waals surface area contributed by atoms with Gasteiger partial charge in [0.15, 0.2) is 0 Å². The number of carbonyl (C=O) groups is 2. The first-order valence-corrected chi connectivity index (χ1v) is 11.1. The van der Waals surface area contributed by atoms with Gasteiger partial charge in [0.25, 0.3) is 5.91 Å². The van der Waals surface area contributed by atoms with Crippen molar-refractivity contribution in [2.45, 2.75) is 38.1 Å². The number of nitrogens with zero attached hydrogens (tertiary/aromatic N) is 1. The molecule has 3 aromatic rings. The normalized spacial score (nSPS) is 17.6. The van der Waals surface area contributed by atoms with E-state index in [9.17, 15) is 22.8 Å². The van der Waals surface area contributed by atoms with Crippen LogP contribution in [-0.2, 0) is 30.5 Å². The summed E-state index contributed by atoms with van der Waals surface area (Å²) in [6.07, 6.45) is -4.28. The Morgan fingerprint density at radius 2 is 1.77 bits per heavy atom. The average molecular weight is 483 g/mol. The Kier molecular flexibility index (Phi) is 6.56. The summed E-state index contributed by atoms with van der Waals surface area (Å²) in [5.74, 6) is -0.193. The van der Waals surface area contributed by atoms with E-state index < -0.39 is 29.1 Å². The number of amides is 2. The lowest BCUT2D eigenvalue weighted by atomic mass is 9.82. The molecule has 0 fully saturated rings. The molecule has 4 rings (SSSR count). The second kappa shape index (κ2) is 9.44. The van der Waals surface area contributed by atoms with E-state index in [2.05, 4.69) is 5.32 Å². The molecule has 1 aliphatic heterocycles. The van der Waals surface area contributed by atoms with Crippen molar-refractivity contribution in [1.29, 1.82) is 0 Å². The fraction of sp³-hybridized carbons (Fsp3) is 0.259. The predicted molar refractivity (Wildman–Crippen MR) is 125 cm³/mol. The number of benzene rings is 3. The van der Waals surface area contributed by atoms with E-state index in [1.165, 1.54) is 24.1 Å². The van der Waals surface area contributed by atoms with Gasteiger partial charge in [-0.05, 0) is 42.3 Å². The monoisotopic (exact) mass is 482 g/mol. The van der Waals surface area contributed by atoms with Crippen molar-refractivity contribution < 1.29 is 27.5 Å². The van der Waals surface area contributed by atoms with E-state index in [1.54, 1.807) is 37.3 Å². The van der Waals surface area contributed by atoms with Crippen molar-refractivity contribution in [2.24, 2.45) is 0 Å². The second-order valence-corrected chi connectivity index (χ2v) is 8.69. The smallest absolute Gasteiger partial charge is 0.416 e. The fourth-order valence-corrected chi connectivity index (χ4v) is 4.41. The number of methoxy groups -OCH3 is 1. The Balaban J connectivity index is 1.67. The highest BCUT2D eigenvalue weighted by atomic mass is 19.4. The first-order chi connectivity index (χ1) is 16.6. The summed E-state index contributed by atoms with van der Waals surface area (Å²) < 4.78 is 45.1. The number of halogens is 3. The molecule has 1 aliphatic rings. The number of para-hydroxylation sites is 1. The van der Waals surface area contributed by atoms with Crippen LogP contribution in [0.4, 0.5) is 13.2 Å². The molecule has 1 heterocycles. The number of alkyl halides is 3. The van der Waals surface area contributed by atoms with E-state index in [0.717, 1.165) is 17.7 Å². The number of rotatable bonds is 6. The molecule has 1 atom stereocenters. The van der Waals surface area contributed by atoms with Gasteiger partial charge >= 0.3 is 6.18 Å². The Bertz CT molecular complexity index is 1260. The van der Waals surface area contributed by atoms with Crippen molar-refractivity contribution in [2.75, 3.05) is 7.11 Å². The van der Waals surface area contributed by atoms with Gasteiger partial charge in [0.1, 0.15) is 11.3 Å². The molecular weight excluding hydrogens is 457 g/mol. The number of ether oxygens (including phenoxy) is 1. The molecule has 8 heteroatoms. The van der Waals surface area contributed by atoms with Gasteiger partial charge in [0.05, 0.1) is 12.7 Å². The van der Waals surface area contributed by atoms with Crippen molar-refractivity contribution in [1.82, 2.24) is 10.2 Å². The molecule has 5 nitrogen and oxygen atoms in total. The van der Waals surface area contributed by atoms with Crippen LogP contribution in [0.1, 0.15) is 39.5 Å². The third kappa shape index (κ3) is 4.87. The Hall–Kier alpha value is -3.81. The molecule has 0 radical (unpaired) electrons. The van der Waals surface area contributed by atoms with Crippen LogP contribution < -0.4 is 10.1 Å². The maximum Gasteiger partial charge on any atom is 0.416 e. The van der Waals surface area contributed by atoms with Crippen LogP contribution in [0.25, 0.3) is 0 Å². The summed E-state index contributed by atoms with van der Waals surface area (Å²) in [7, 11) is 1.54. The van der Waals surface area contributed by atoms with Gasteiger partial charge in [-0.1, -0.05) is 48.5 Å². The van der Waals surface area contributed by atoms with E-state index in [0.29, 0.717) is 16.9 Å². The summed E-state index contributed by atoms with van der Waals surface area (Å²) in [6.45, 7) is 1.67. The second-order valence-electron chi connectivity index (χ2n) is 8.69. The molecule has 0 saturated carbocycles. The standard InChI is InChI=1S/C27H25F3N2O3/c1-26(25(34)31-16-20-10-4-6-13-23(20)35-2)15-19-9-3-5-12-22(19)24(33)32(26)17-18-8-7-11-21(14-18)27(28,29)30/h3-14H,15-17H2,1-2H3,(H,31,34). The minimum Gasteiger partial charge on any atom is -0.496 e. The molecule has 182 valence electrons. The summed E-state index contributed by atoms with van der Waals surface area (Å²) in [6, 6.07) is 19.1. The van der Waals surface area contributed by atoms with Crippen molar-refractivity contribution in [3.63, 3.8) is 0 Å². The Morgan fingerprint density at radius 3 is 2.51 bits per heavy atom. The zero-order valence-corrected chi connectivity index (χ0v) is 19.4. The topological polar surface area (TPSA) is 58.6 Å². The molecule has 1 N–H and O–H groups in total. The lowest BCUT2D eigenvalue weighted by Crippen LogP contribution is -2.62. The van der Waals surface area contributed by atoms with E-state index in [4.69, 9.17) is 4.74 Å². The van der Waals surface area contributed by atoms with Crippen molar-refractivity contribution in [3.8, 4) is 5.75 Å². The lowest BCUT2D eigenvalue weighted by molar-refractivity contribution is -0.137. The number of nitrogens with one attached hydrogen (secondary N) is 1. The number of hydrogen-bond donors (Lipinski definition) is 1. The summed E-state index contributed by atoms with van der Waals surface area (Å²) >= 11 is 0. The minimum absolute atomic E-state index is 0.143. The average Bonchev–Trinajstić information content (AvgIpc) is 2.85. The Morgan fingerprint density at radius 1 is 1.06 bits per heavy atom. The molecule has 35 heavy (non-hydrogen) atoms. The molecule has 0 aliphatic carbocycles. The van der Waals surface area contributed by atoms with E-state index in [-0.39, 0.29) is 25.1 Å². The SMILES string of the molecule is COc1ccccc1CNC(=O)C1(C)Cc2ccccc2C(=O)N1Cc1cccc(C(F)(F)F)c1. The Labute approximate surface area is 201 Å². The maximum absolute atomic E-state index is 13.5. The summed E-state index contributed by atoms with van der Waals surface area (Å²) in [5, 5.41) is 2.89. The number of carbonyl (C=O) groups excluding carboxylic acids is 2. The van der Waals surface area contributed by atoms with Gasteiger partial charge in [-0.2, -0.15) is 13.2 Å². The molecule has 0 bridgehead atoms. The van der Waals surface area contributed by atoms with Gasteiger partial charge in [-0.3, -0.25) is 9.59 Å². The molecule has 0 aromatic heterocycles. The van der Waals surface area contributed by atoms with Crippen LogP contribution in [0.3, 0.4) is 0 Å². The van der Waals surface area contributed by atoms with Gasteiger partial charge in [-0.25, -0.2) is 0 Å². The highest BCUT2D eigenvalue weighted by Gasteiger charge is 2.46. The maximum atomic E-state index is 13.5. The third-order valence-electron chi connectivity index (χ3n) is 6.34. The molecule has 1 unspecified atom stereocenters. The van der Waals surface area contributed by atoms with Gasteiger partial charge in [0.2, 0.25) is 5.91 Å². The highest BCUT2D eigenvalue weighted by Crippen LogP contribution is 2.34. The first-order valence-electron chi connectivity index (χ1n) is 11.1. The highest BCUT2D eigenvalue weighted by molar-refractivity contribution is 6.02. The fourth-order valence-electron chi connectivity index (χ4n) is 4.41. The van der Waals surface area contributed by atoms with Gasteiger partial charge < -0.3 is 15.0 Å². The molecule has 0 spiro atoms. The quantitative estimate of drug-likeness (QED) is 0.539. The summed E-state index contributed by atoms with van der Waals surface area (Å²) in [5.41, 5.74) is 0.0847. The van der Waals surface area contributed by atoms with Crippen molar-refractivity contribution >= 4 is 11.8 Å². The van der Waals surface area contributed by atoms with Crippen LogP contribution in [0.5, 0.6) is 5.75 Å². The van der Waals surface area contributed by atoms with E-state index >= 15 is 0 Å². The molecule has 0 saturated heterocycles. The lowest BCUT2D eigenvalue weighted by Gasteiger charge is -2.44. The van der Waals surface area contributed by atoms with Crippen LogP contribution in [-0.4, -0.2) is 29.4 Å². The molecular formula is C27H25F3N2O3. The first kappa shape index (κ1) is 24.3. The van der Waals surface area contributed by atoms with E-state index in [1.807, 2.05) is 18.2 Å². The van der Waals surface area contributed by atoms with Gasteiger partial charge in [0, 0.05) is 30.6 Å².